The summed E-state index contributed by atoms with van der Waals surface area (Å²) in [5.74, 6) is 0. The van der Waals surface area contributed by atoms with Crippen molar-refractivity contribution in [3.8, 4) is 0 Å². The predicted molar refractivity (Wildman–Crippen MR) is 101 cm³/mol. The third-order valence-electron chi connectivity index (χ3n) is 4.33. The second-order valence-electron chi connectivity index (χ2n) is 6.31. The van der Waals surface area contributed by atoms with Gasteiger partial charge in [-0.3, -0.25) is 4.98 Å². The van der Waals surface area contributed by atoms with Crippen molar-refractivity contribution < 1.29 is 4.79 Å². The third kappa shape index (κ3) is 3.76. The molecule has 0 aliphatic rings. The molecule has 7 heteroatoms. The lowest BCUT2D eigenvalue weighted by Gasteiger charge is -2.25. The highest BCUT2D eigenvalue weighted by Crippen LogP contribution is 2.26. The number of urea groups is 1. The molecule has 1 aromatic carbocycles. The monoisotopic (exact) mass is 355 g/mol. The van der Waals surface area contributed by atoms with E-state index in [0.29, 0.717) is 6.42 Å². The zero-order valence-corrected chi connectivity index (χ0v) is 15.6. The third-order valence-corrected chi connectivity index (χ3v) is 4.87. The first-order valence-corrected chi connectivity index (χ1v) is 8.86. The van der Waals surface area contributed by atoms with Gasteiger partial charge in [-0.15, -0.1) is 0 Å². The van der Waals surface area contributed by atoms with Crippen molar-refractivity contribution in [2.45, 2.75) is 33.2 Å². The van der Waals surface area contributed by atoms with Crippen molar-refractivity contribution >= 4 is 34.5 Å². The van der Waals surface area contributed by atoms with Gasteiger partial charge in [-0.25, -0.2) is 4.79 Å². The van der Waals surface area contributed by atoms with Gasteiger partial charge in [-0.2, -0.15) is 8.75 Å². The number of benzene rings is 1. The molecule has 2 aromatic heterocycles. The van der Waals surface area contributed by atoms with Crippen LogP contribution in [0, 0.1) is 13.8 Å². The Hall–Kier alpha value is -2.54. The van der Waals surface area contributed by atoms with E-state index in [1.165, 1.54) is 5.56 Å². The predicted octanol–water partition coefficient (Wildman–Crippen LogP) is 3.80. The van der Waals surface area contributed by atoms with Crippen molar-refractivity contribution in [1.29, 1.82) is 0 Å². The number of hydrogen-bond donors (Lipinski definition) is 1. The SMILES string of the molecule is Cc1ccnc(C[C@@H](C)N(C)C(=O)Nc2c(C)ccc3nsnc23)c1. The fourth-order valence-corrected chi connectivity index (χ4v) is 3.20. The molecule has 0 saturated heterocycles. The Morgan fingerprint density at radius 2 is 2.08 bits per heavy atom. The van der Waals surface area contributed by atoms with E-state index in [4.69, 9.17) is 0 Å². The topological polar surface area (TPSA) is 71.0 Å². The first-order valence-electron chi connectivity index (χ1n) is 8.13. The molecule has 0 bridgehead atoms. The van der Waals surface area contributed by atoms with Crippen molar-refractivity contribution in [2.75, 3.05) is 12.4 Å². The number of rotatable bonds is 4. The van der Waals surface area contributed by atoms with E-state index in [2.05, 4.69) is 19.0 Å². The molecule has 1 N–H and O–H groups in total. The van der Waals surface area contributed by atoms with Gasteiger partial charge in [-0.1, -0.05) is 6.07 Å². The second kappa shape index (κ2) is 7.14. The molecule has 1 atom stereocenters. The Kier molecular flexibility index (Phi) is 4.94. The fraction of sp³-hybridized carbons (Fsp3) is 0.333. The summed E-state index contributed by atoms with van der Waals surface area (Å²) in [6.07, 6.45) is 2.50. The minimum atomic E-state index is -0.163. The van der Waals surface area contributed by atoms with E-state index < -0.39 is 0 Å². The quantitative estimate of drug-likeness (QED) is 0.773. The van der Waals surface area contributed by atoms with E-state index in [-0.39, 0.29) is 12.1 Å². The number of fused-ring (bicyclic) bond motifs is 1. The van der Waals surface area contributed by atoms with Gasteiger partial charge in [0.05, 0.1) is 17.4 Å². The molecule has 2 heterocycles. The Morgan fingerprint density at radius 3 is 2.84 bits per heavy atom. The fourth-order valence-electron chi connectivity index (χ4n) is 2.66. The van der Waals surface area contributed by atoms with E-state index in [1.54, 1.807) is 18.1 Å². The highest BCUT2D eigenvalue weighted by Gasteiger charge is 2.19. The first-order chi connectivity index (χ1) is 12.0. The van der Waals surface area contributed by atoms with E-state index in [1.807, 2.05) is 45.0 Å². The lowest BCUT2D eigenvalue weighted by Crippen LogP contribution is -2.39. The second-order valence-corrected chi connectivity index (χ2v) is 6.84. The number of aromatic nitrogens is 3. The van der Waals surface area contributed by atoms with E-state index >= 15 is 0 Å². The maximum atomic E-state index is 12.7. The maximum absolute atomic E-state index is 12.7. The van der Waals surface area contributed by atoms with Gasteiger partial charge in [0.15, 0.2) is 0 Å². The Balaban J connectivity index is 1.73. The van der Waals surface area contributed by atoms with Crippen LogP contribution < -0.4 is 5.32 Å². The molecule has 3 rings (SSSR count). The molecular weight excluding hydrogens is 334 g/mol. The highest BCUT2D eigenvalue weighted by molar-refractivity contribution is 7.00. The molecule has 130 valence electrons. The number of hydrogen-bond acceptors (Lipinski definition) is 5. The van der Waals surface area contributed by atoms with Gasteiger partial charge in [0.2, 0.25) is 0 Å². The molecule has 6 nitrogen and oxygen atoms in total. The van der Waals surface area contributed by atoms with Crippen LogP contribution in [0.5, 0.6) is 0 Å². The largest absolute Gasteiger partial charge is 0.324 e. The van der Waals surface area contributed by atoms with E-state index in [9.17, 15) is 4.79 Å². The summed E-state index contributed by atoms with van der Waals surface area (Å²) >= 11 is 1.15. The Labute approximate surface area is 151 Å². The maximum Gasteiger partial charge on any atom is 0.321 e. The lowest BCUT2D eigenvalue weighted by molar-refractivity contribution is 0.207. The number of nitrogens with zero attached hydrogens (tertiary/aromatic N) is 4. The van der Waals surface area contributed by atoms with Crippen molar-refractivity contribution in [3.05, 3.63) is 47.3 Å². The number of likely N-dealkylation sites (N-methyl/N-ethyl adjacent to an activating group) is 1. The zero-order valence-electron chi connectivity index (χ0n) is 14.8. The minimum absolute atomic E-state index is 0.0161. The number of pyridine rings is 1. The Bertz CT molecular complexity index is 907. The van der Waals surface area contributed by atoms with Crippen LogP contribution in [-0.4, -0.2) is 37.8 Å². The number of carbonyl (C=O) groups is 1. The van der Waals surface area contributed by atoms with Crippen molar-refractivity contribution in [3.63, 3.8) is 0 Å². The molecule has 2 amide bonds. The van der Waals surface area contributed by atoms with Gasteiger partial charge in [0.25, 0.3) is 0 Å². The molecule has 0 aliphatic heterocycles. The summed E-state index contributed by atoms with van der Waals surface area (Å²) < 4.78 is 8.53. The highest BCUT2D eigenvalue weighted by atomic mass is 32.1. The molecule has 0 fully saturated rings. The molecule has 0 unspecified atom stereocenters. The van der Waals surface area contributed by atoms with Crippen molar-refractivity contribution in [1.82, 2.24) is 18.6 Å². The lowest BCUT2D eigenvalue weighted by atomic mass is 10.1. The summed E-state index contributed by atoms with van der Waals surface area (Å²) in [6.45, 7) is 6.01. The standard InChI is InChI=1S/C18H21N5OS/c1-11-7-8-19-14(9-11)10-13(3)23(4)18(24)20-16-12(2)5-6-15-17(16)22-25-21-15/h5-9,13H,10H2,1-4H3,(H,20,24)/t13-/m1/s1. The molecular formula is C18H21N5OS. The summed E-state index contributed by atoms with van der Waals surface area (Å²) in [5.41, 5.74) is 5.38. The van der Waals surface area contributed by atoms with Gasteiger partial charge in [0.1, 0.15) is 11.0 Å². The van der Waals surface area contributed by atoms with Crippen LogP contribution in [0.2, 0.25) is 0 Å². The van der Waals surface area contributed by atoms with Crippen LogP contribution in [0.3, 0.4) is 0 Å². The van der Waals surface area contributed by atoms with Gasteiger partial charge in [0, 0.05) is 31.4 Å². The molecule has 3 aromatic rings. The normalized spacial score (nSPS) is 12.2. The van der Waals surface area contributed by atoms with Gasteiger partial charge >= 0.3 is 6.03 Å². The van der Waals surface area contributed by atoms with Crippen LogP contribution in [-0.2, 0) is 6.42 Å². The van der Waals surface area contributed by atoms with Crippen molar-refractivity contribution in [2.24, 2.45) is 0 Å². The number of carbonyl (C=O) groups excluding carboxylic acids is 1. The molecule has 0 radical (unpaired) electrons. The smallest absolute Gasteiger partial charge is 0.321 e. The number of anilines is 1. The summed E-state index contributed by atoms with van der Waals surface area (Å²) in [5, 5.41) is 2.99. The number of nitrogens with one attached hydrogen (secondary N) is 1. The van der Waals surface area contributed by atoms with Gasteiger partial charge in [-0.05, 0) is 50.1 Å². The minimum Gasteiger partial charge on any atom is -0.324 e. The van der Waals surface area contributed by atoms with Crippen LogP contribution in [0.1, 0.15) is 23.7 Å². The van der Waals surface area contributed by atoms with Crippen LogP contribution >= 0.6 is 11.7 Å². The number of amides is 2. The van der Waals surface area contributed by atoms with Crippen LogP contribution in [0.25, 0.3) is 11.0 Å². The van der Waals surface area contributed by atoms with E-state index in [0.717, 1.165) is 39.7 Å². The summed E-state index contributed by atoms with van der Waals surface area (Å²) in [6, 6.07) is 7.73. The van der Waals surface area contributed by atoms with Crippen LogP contribution in [0.15, 0.2) is 30.5 Å². The average molecular weight is 355 g/mol. The Morgan fingerprint density at radius 1 is 1.28 bits per heavy atom. The molecule has 0 saturated carbocycles. The first kappa shape index (κ1) is 17.3. The van der Waals surface area contributed by atoms with Gasteiger partial charge < -0.3 is 10.2 Å². The average Bonchev–Trinajstić information content (AvgIpc) is 3.05. The molecule has 0 spiro atoms. The number of aryl methyl sites for hydroxylation is 2. The summed E-state index contributed by atoms with van der Waals surface area (Å²) in [7, 11) is 1.80. The zero-order chi connectivity index (χ0) is 18.0. The molecule has 0 aliphatic carbocycles. The molecule has 25 heavy (non-hydrogen) atoms. The van der Waals surface area contributed by atoms with Crippen LogP contribution in [0.4, 0.5) is 10.5 Å². The summed E-state index contributed by atoms with van der Waals surface area (Å²) in [4.78, 5) is 18.8.